The van der Waals surface area contributed by atoms with Crippen molar-refractivity contribution < 1.29 is 9.32 Å². The zero-order valence-corrected chi connectivity index (χ0v) is 11.4. The Morgan fingerprint density at radius 2 is 2.05 bits per heavy atom. The highest BCUT2D eigenvalue weighted by atomic mass is 16.5. The molecule has 0 fully saturated rings. The molecule has 6 heteroatoms. The molecular formula is C13H16N4O2. The molecule has 0 aliphatic rings. The van der Waals surface area contributed by atoms with Crippen molar-refractivity contribution in [3.05, 3.63) is 35.9 Å². The minimum Gasteiger partial charge on any atom is -0.361 e. The highest BCUT2D eigenvalue weighted by Crippen LogP contribution is 2.25. The second kappa shape index (κ2) is 5.09. The van der Waals surface area contributed by atoms with Gasteiger partial charge in [-0.05, 0) is 19.1 Å². The summed E-state index contributed by atoms with van der Waals surface area (Å²) in [4.78, 5) is 19.9. The molecule has 0 spiro atoms. The van der Waals surface area contributed by atoms with Crippen LogP contribution in [0.3, 0.4) is 0 Å². The van der Waals surface area contributed by atoms with Crippen LogP contribution in [0.1, 0.15) is 16.2 Å². The third-order valence-electron chi connectivity index (χ3n) is 2.70. The minimum atomic E-state index is -0.229. The molecule has 0 aliphatic heterocycles. The van der Waals surface area contributed by atoms with E-state index in [4.69, 9.17) is 4.52 Å². The van der Waals surface area contributed by atoms with Gasteiger partial charge in [-0.2, -0.15) is 0 Å². The summed E-state index contributed by atoms with van der Waals surface area (Å²) in [6.07, 6.45) is 1.69. The topological polar surface area (TPSA) is 62.5 Å². The van der Waals surface area contributed by atoms with Gasteiger partial charge in [-0.25, -0.2) is 4.98 Å². The maximum Gasteiger partial charge on any atom is 0.280 e. The first-order chi connectivity index (χ1) is 9.00. The van der Waals surface area contributed by atoms with Gasteiger partial charge in [0.1, 0.15) is 5.76 Å². The lowest BCUT2D eigenvalue weighted by Crippen LogP contribution is -2.28. The van der Waals surface area contributed by atoms with E-state index in [1.807, 2.05) is 25.1 Å². The molecule has 0 saturated carbocycles. The third kappa shape index (κ3) is 2.57. The molecule has 2 rings (SSSR count). The van der Waals surface area contributed by atoms with Crippen LogP contribution >= 0.6 is 0 Å². The molecule has 1 amide bonds. The van der Waals surface area contributed by atoms with Crippen molar-refractivity contribution in [2.24, 2.45) is 0 Å². The lowest BCUT2D eigenvalue weighted by Gasteiger charge is -2.22. The second-order valence-corrected chi connectivity index (χ2v) is 4.43. The van der Waals surface area contributed by atoms with Crippen molar-refractivity contribution in [3.63, 3.8) is 0 Å². The van der Waals surface area contributed by atoms with E-state index in [0.717, 1.165) is 11.5 Å². The van der Waals surface area contributed by atoms with E-state index in [2.05, 4.69) is 10.1 Å². The number of anilines is 2. The summed E-state index contributed by atoms with van der Waals surface area (Å²) in [6.45, 7) is 1.75. The SMILES string of the molecule is Cc1cc(C(=O)N(C)c2cccnc2N(C)C)no1. The standard InChI is InChI=1S/C13H16N4O2/c1-9-8-10(15-19-9)13(18)17(4)11-6-5-7-14-12(11)16(2)3/h5-8H,1-4H3. The summed E-state index contributed by atoms with van der Waals surface area (Å²) < 4.78 is 4.93. The molecule has 0 aliphatic carbocycles. The zero-order chi connectivity index (χ0) is 14.0. The summed E-state index contributed by atoms with van der Waals surface area (Å²) in [5.74, 6) is 1.10. The monoisotopic (exact) mass is 260 g/mol. The van der Waals surface area contributed by atoms with Gasteiger partial charge in [0.25, 0.3) is 5.91 Å². The van der Waals surface area contributed by atoms with E-state index >= 15 is 0 Å². The highest BCUT2D eigenvalue weighted by molar-refractivity contribution is 6.05. The lowest BCUT2D eigenvalue weighted by atomic mass is 10.3. The van der Waals surface area contributed by atoms with Gasteiger partial charge in [0.15, 0.2) is 11.5 Å². The van der Waals surface area contributed by atoms with Crippen molar-refractivity contribution in [1.82, 2.24) is 10.1 Å². The average Bonchev–Trinajstić information content (AvgIpc) is 2.83. The summed E-state index contributed by atoms with van der Waals surface area (Å²) in [7, 11) is 5.45. The smallest absolute Gasteiger partial charge is 0.280 e. The number of amides is 1. The molecule has 0 unspecified atom stereocenters. The normalized spacial score (nSPS) is 10.3. The van der Waals surface area contributed by atoms with Gasteiger partial charge < -0.3 is 14.3 Å². The van der Waals surface area contributed by atoms with Crippen LogP contribution < -0.4 is 9.80 Å². The predicted octanol–water partition coefficient (Wildman–Crippen LogP) is 1.72. The summed E-state index contributed by atoms with van der Waals surface area (Å²) >= 11 is 0. The molecule has 2 heterocycles. The molecule has 0 saturated heterocycles. The van der Waals surface area contributed by atoms with Crippen molar-refractivity contribution in [1.29, 1.82) is 0 Å². The Morgan fingerprint density at radius 1 is 1.32 bits per heavy atom. The maximum absolute atomic E-state index is 12.3. The van der Waals surface area contributed by atoms with Gasteiger partial charge in [0.05, 0.1) is 5.69 Å². The molecule has 6 nitrogen and oxygen atoms in total. The van der Waals surface area contributed by atoms with Crippen LogP contribution in [0, 0.1) is 6.92 Å². The first-order valence-corrected chi connectivity index (χ1v) is 5.84. The summed E-state index contributed by atoms with van der Waals surface area (Å²) in [5.41, 5.74) is 1.01. The Hall–Kier alpha value is -2.37. The largest absolute Gasteiger partial charge is 0.361 e. The number of carbonyl (C=O) groups excluding carboxylic acids is 1. The molecule has 0 aromatic carbocycles. The highest BCUT2D eigenvalue weighted by Gasteiger charge is 2.20. The Morgan fingerprint density at radius 3 is 2.63 bits per heavy atom. The first kappa shape index (κ1) is 13.1. The summed E-state index contributed by atoms with van der Waals surface area (Å²) in [6, 6.07) is 5.25. The molecular weight excluding hydrogens is 244 g/mol. The molecule has 100 valence electrons. The number of nitrogens with zero attached hydrogens (tertiary/aromatic N) is 4. The van der Waals surface area contributed by atoms with Crippen LogP contribution in [-0.2, 0) is 0 Å². The Labute approximate surface area is 111 Å². The fourth-order valence-corrected chi connectivity index (χ4v) is 1.74. The van der Waals surface area contributed by atoms with E-state index < -0.39 is 0 Å². The van der Waals surface area contributed by atoms with E-state index in [1.165, 1.54) is 4.90 Å². The van der Waals surface area contributed by atoms with E-state index in [0.29, 0.717) is 5.76 Å². The number of pyridine rings is 1. The number of carbonyl (C=O) groups is 1. The van der Waals surface area contributed by atoms with Gasteiger partial charge in [-0.3, -0.25) is 4.79 Å². The van der Waals surface area contributed by atoms with Gasteiger partial charge in [-0.1, -0.05) is 5.16 Å². The molecule has 2 aromatic heterocycles. The van der Waals surface area contributed by atoms with Crippen molar-refractivity contribution in [2.45, 2.75) is 6.92 Å². The first-order valence-electron chi connectivity index (χ1n) is 5.84. The average molecular weight is 260 g/mol. The maximum atomic E-state index is 12.3. The number of hydrogen-bond donors (Lipinski definition) is 0. The summed E-state index contributed by atoms with van der Waals surface area (Å²) in [5, 5.41) is 3.74. The molecule has 2 aromatic rings. The van der Waals surface area contributed by atoms with Crippen LogP contribution in [0.4, 0.5) is 11.5 Å². The van der Waals surface area contributed by atoms with Gasteiger partial charge >= 0.3 is 0 Å². The van der Waals surface area contributed by atoms with Crippen LogP contribution in [0.5, 0.6) is 0 Å². The zero-order valence-electron chi connectivity index (χ0n) is 11.4. The van der Waals surface area contributed by atoms with E-state index in [-0.39, 0.29) is 11.6 Å². The van der Waals surface area contributed by atoms with Crippen LogP contribution in [-0.4, -0.2) is 37.2 Å². The fourth-order valence-electron chi connectivity index (χ4n) is 1.74. The number of hydrogen-bond acceptors (Lipinski definition) is 5. The van der Waals surface area contributed by atoms with Gasteiger partial charge in [0.2, 0.25) is 0 Å². The van der Waals surface area contributed by atoms with Crippen LogP contribution in [0.15, 0.2) is 28.9 Å². The van der Waals surface area contributed by atoms with Crippen molar-refractivity contribution in [2.75, 3.05) is 30.9 Å². The van der Waals surface area contributed by atoms with E-state index in [1.54, 1.807) is 32.3 Å². The Bertz CT molecular complexity index is 592. The fraction of sp³-hybridized carbons (Fsp3) is 0.308. The molecule has 0 radical (unpaired) electrons. The molecule has 19 heavy (non-hydrogen) atoms. The minimum absolute atomic E-state index is 0.229. The van der Waals surface area contributed by atoms with Gasteiger partial charge in [-0.15, -0.1) is 0 Å². The molecule has 0 bridgehead atoms. The molecule has 0 atom stereocenters. The number of aryl methyl sites for hydroxylation is 1. The van der Waals surface area contributed by atoms with Crippen LogP contribution in [0.25, 0.3) is 0 Å². The Kier molecular flexibility index (Phi) is 3.50. The lowest BCUT2D eigenvalue weighted by molar-refractivity contribution is 0.0984. The Balaban J connectivity index is 2.34. The third-order valence-corrected chi connectivity index (χ3v) is 2.70. The van der Waals surface area contributed by atoms with E-state index in [9.17, 15) is 4.79 Å². The number of aromatic nitrogens is 2. The van der Waals surface area contributed by atoms with Crippen molar-refractivity contribution >= 4 is 17.4 Å². The second-order valence-electron chi connectivity index (χ2n) is 4.43. The van der Waals surface area contributed by atoms with Gasteiger partial charge in [0, 0.05) is 33.4 Å². The van der Waals surface area contributed by atoms with Crippen LogP contribution in [0.2, 0.25) is 0 Å². The quantitative estimate of drug-likeness (QED) is 0.840. The van der Waals surface area contributed by atoms with Crippen molar-refractivity contribution in [3.8, 4) is 0 Å². The molecule has 0 N–H and O–H groups in total. The predicted molar refractivity (Wildman–Crippen MR) is 72.5 cm³/mol. The number of rotatable bonds is 3.